The predicted octanol–water partition coefficient (Wildman–Crippen LogP) is 2.68. The Bertz CT molecular complexity index is 777. The van der Waals surface area contributed by atoms with Crippen molar-refractivity contribution >= 4 is 23.7 Å². The van der Waals surface area contributed by atoms with Gasteiger partial charge in [0.1, 0.15) is 17.7 Å². The lowest BCUT2D eigenvalue weighted by Crippen LogP contribution is -2.41. The lowest BCUT2D eigenvalue weighted by Gasteiger charge is -2.09. The zero-order valence-corrected chi connectivity index (χ0v) is 13.7. The van der Waals surface area contributed by atoms with Crippen LogP contribution in [0.1, 0.15) is 23.6 Å². The average molecular weight is 365 g/mol. The summed E-state index contributed by atoms with van der Waals surface area (Å²) in [5.74, 6) is -1.21. The Hall–Kier alpha value is -2.35. The number of halogens is 3. The van der Waals surface area contributed by atoms with Gasteiger partial charge in [-0.05, 0) is 36.2 Å². The molecule has 1 heterocycles. The van der Waals surface area contributed by atoms with Gasteiger partial charge in [-0.3, -0.25) is 4.79 Å². The van der Waals surface area contributed by atoms with Crippen molar-refractivity contribution in [3.05, 3.63) is 70.2 Å². The van der Waals surface area contributed by atoms with Gasteiger partial charge < -0.3 is 0 Å². The summed E-state index contributed by atoms with van der Waals surface area (Å²) in [5, 5.41) is 3.95. The molecule has 1 saturated heterocycles. The molecule has 1 aliphatic heterocycles. The van der Waals surface area contributed by atoms with E-state index in [1.54, 1.807) is 12.1 Å². The SMILES string of the molecule is O=C(N/N=C/c1c(F)cccc1Cl)C1CC(c2ccc(F)cc2)NN1. The first-order valence-corrected chi connectivity index (χ1v) is 7.96. The Morgan fingerprint density at radius 1 is 1.20 bits per heavy atom. The van der Waals surface area contributed by atoms with Gasteiger partial charge in [0, 0.05) is 11.6 Å². The highest BCUT2D eigenvalue weighted by Gasteiger charge is 2.30. The van der Waals surface area contributed by atoms with E-state index in [-0.39, 0.29) is 28.4 Å². The van der Waals surface area contributed by atoms with Crippen molar-refractivity contribution in [2.75, 3.05) is 0 Å². The normalized spacial score (nSPS) is 20.1. The number of hydrogen-bond acceptors (Lipinski definition) is 4. The molecule has 0 bridgehead atoms. The molecule has 0 radical (unpaired) electrons. The van der Waals surface area contributed by atoms with Crippen LogP contribution in [-0.2, 0) is 4.79 Å². The smallest absolute Gasteiger partial charge is 0.258 e. The van der Waals surface area contributed by atoms with Gasteiger partial charge in [-0.25, -0.2) is 25.1 Å². The van der Waals surface area contributed by atoms with Crippen molar-refractivity contribution in [1.82, 2.24) is 16.3 Å². The fourth-order valence-corrected chi connectivity index (χ4v) is 2.73. The Balaban J connectivity index is 1.57. The second-order valence-electron chi connectivity index (χ2n) is 5.55. The highest BCUT2D eigenvalue weighted by Crippen LogP contribution is 2.22. The Morgan fingerprint density at radius 3 is 2.68 bits per heavy atom. The Morgan fingerprint density at radius 2 is 1.96 bits per heavy atom. The van der Waals surface area contributed by atoms with Crippen LogP contribution in [0.3, 0.4) is 0 Å². The number of hydrazine groups is 1. The number of nitrogens with zero attached hydrogens (tertiary/aromatic N) is 1. The van der Waals surface area contributed by atoms with Crippen LogP contribution in [0.5, 0.6) is 0 Å². The molecular weight excluding hydrogens is 350 g/mol. The molecule has 8 heteroatoms. The maximum Gasteiger partial charge on any atom is 0.258 e. The minimum Gasteiger partial charge on any atom is -0.271 e. The van der Waals surface area contributed by atoms with E-state index < -0.39 is 11.9 Å². The summed E-state index contributed by atoms with van der Waals surface area (Å²) in [6.07, 6.45) is 1.63. The van der Waals surface area contributed by atoms with Gasteiger partial charge in [0.25, 0.3) is 5.91 Å². The molecule has 1 aliphatic rings. The molecule has 3 rings (SSSR count). The maximum absolute atomic E-state index is 13.6. The van der Waals surface area contributed by atoms with Gasteiger partial charge in [0.05, 0.1) is 11.2 Å². The third kappa shape index (κ3) is 4.19. The summed E-state index contributed by atoms with van der Waals surface area (Å²) in [5.41, 5.74) is 9.17. The summed E-state index contributed by atoms with van der Waals surface area (Å²) in [7, 11) is 0. The van der Waals surface area contributed by atoms with E-state index in [1.807, 2.05) is 0 Å². The van der Waals surface area contributed by atoms with Crippen molar-refractivity contribution in [3.8, 4) is 0 Å². The van der Waals surface area contributed by atoms with Crippen molar-refractivity contribution in [1.29, 1.82) is 0 Å². The molecule has 1 fully saturated rings. The average Bonchev–Trinajstić information content (AvgIpc) is 3.08. The number of amides is 1. The highest BCUT2D eigenvalue weighted by molar-refractivity contribution is 6.33. The van der Waals surface area contributed by atoms with Crippen molar-refractivity contribution in [3.63, 3.8) is 0 Å². The summed E-state index contributed by atoms with van der Waals surface area (Å²) in [6, 6.07) is 9.68. The van der Waals surface area contributed by atoms with Crippen molar-refractivity contribution in [2.45, 2.75) is 18.5 Å². The molecule has 25 heavy (non-hydrogen) atoms. The molecule has 0 saturated carbocycles. The van der Waals surface area contributed by atoms with E-state index >= 15 is 0 Å². The summed E-state index contributed by atoms with van der Waals surface area (Å²) in [4.78, 5) is 12.1. The number of hydrazone groups is 1. The van der Waals surface area contributed by atoms with E-state index in [0.717, 1.165) is 11.8 Å². The lowest BCUT2D eigenvalue weighted by molar-refractivity contribution is -0.122. The third-order valence-corrected chi connectivity index (χ3v) is 4.19. The molecule has 0 spiro atoms. The number of carbonyl (C=O) groups is 1. The summed E-state index contributed by atoms with van der Waals surface area (Å²) in [6.45, 7) is 0. The van der Waals surface area contributed by atoms with Crippen molar-refractivity contribution < 1.29 is 13.6 Å². The van der Waals surface area contributed by atoms with Gasteiger partial charge in [-0.2, -0.15) is 5.10 Å². The van der Waals surface area contributed by atoms with E-state index in [9.17, 15) is 13.6 Å². The van der Waals surface area contributed by atoms with E-state index in [2.05, 4.69) is 21.4 Å². The molecular formula is C17H15ClF2N4O. The molecule has 2 aromatic carbocycles. The minimum atomic E-state index is -0.525. The zero-order valence-electron chi connectivity index (χ0n) is 13.0. The summed E-state index contributed by atoms with van der Waals surface area (Å²) < 4.78 is 26.6. The molecule has 5 nitrogen and oxygen atoms in total. The number of nitrogens with one attached hydrogen (secondary N) is 3. The zero-order chi connectivity index (χ0) is 17.8. The fourth-order valence-electron chi connectivity index (χ4n) is 2.51. The molecule has 2 aromatic rings. The standard InChI is InChI=1S/C17H15ClF2N4O/c18-13-2-1-3-14(20)12(13)9-21-24-17(25)16-8-15(22-23-16)10-4-6-11(19)7-5-10/h1-7,9,15-16,22-23H,8H2,(H,24,25)/b21-9+. The van der Waals surface area contributed by atoms with Gasteiger partial charge in [-0.1, -0.05) is 29.8 Å². The van der Waals surface area contributed by atoms with Crippen LogP contribution in [0.2, 0.25) is 5.02 Å². The molecule has 2 atom stereocenters. The van der Waals surface area contributed by atoms with E-state index in [1.165, 1.54) is 30.3 Å². The van der Waals surface area contributed by atoms with Gasteiger partial charge >= 0.3 is 0 Å². The summed E-state index contributed by atoms with van der Waals surface area (Å²) >= 11 is 5.88. The largest absolute Gasteiger partial charge is 0.271 e. The fraction of sp³-hybridized carbons (Fsp3) is 0.176. The van der Waals surface area contributed by atoms with Crippen LogP contribution in [0.25, 0.3) is 0 Å². The lowest BCUT2D eigenvalue weighted by atomic mass is 10.0. The van der Waals surface area contributed by atoms with Gasteiger partial charge in [0.2, 0.25) is 0 Å². The molecule has 1 amide bonds. The second kappa shape index (κ2) is 7.69. The van der Waals surface area contributed by atoms with Crippen LogP contribution in [0, 0.1) is 11.6 Å². The molecule has 130 valence electrons. The Kier molecular flexibility index (Phi) is 5.37. The van der Waals surface area contributed by atoms with E-state index in [0.29, 0.717) is 6.42 Å². The minimum absolute atomic E-state index is 0.103. The number of carbonyl (C=O) groups excluding carboxylic acids is 1. The van der Waals surface area contributed by atoms with Gasteiger partial charge in [0.15, 0.2) is 0 Å². The van der Waals surface area contributed by atoms with Crippen LogP contribution in [0.15, 0.2) is 47.6 Å². The van der Waals surface area contributed by atoms with Gasteiger partial charge in [-0.15, -0.1) is 0 Å². The first-order valence-electron chi connectivity index (χ1n) is 7.58. The first kappa shape index (κ1) is 17.5. The quantitative estimate of drug-likeness (QED) is 0.577. The predicted molar refractivity (Wildman–Crippen MR) is 91.0 cm³/mol. The monoisotopic (exact) mass is 364 g/mol. The maximum atomic E-state index is 13.6. The van der Waals surface area contributed by atoms with Crippen LogP contribution in [0.4, 0.5) is 8.78 Å². The Labute approximate surface area is 148 Å². The van der Waals surface area contributed by atoms with Crippen LogP contribution < -0.4 is 16.3 Å². The number of hydrogen-bond donors (Lipinski definition) is 3. The highest BCUT2D eigenvalue weighted by atomic mass is 35.5. The van der Waals surface area contributed by atoms with Crippen molar-refractivity contribution in [2.24, 2.45) is 5.10 Å². The molecule has 3 N–H and O–H groups in total. The van der Waals surface area contributed by atoms with Crippen LogP contribution >= 0.6 is 11.6 Å². The second-order valence-corrected chi connectivity index (χ2v) is 5.96. The topological polar surface area (TPSA) is 65.5 Å². The molecule has 0 aliphatic carbocycles. The number of benzene rings is 2. The third-order valence-electron chi connectivity index (χ3n) is 3.86. The molecule has 0 aromatic heterocycles. The number of rotatable bonds is 4. The van der Waals surface area contributed by atoms with E-state index in [4.69, 9.17) is 11.6 Å². The van der Waals surface area contributed by atoms with Crippen LogP contribution in [-0.4, -0.2) is 18.2 Å². The molecule has 2 unspecified atom stereocenters. The first-order chi connectivity index (χ1) is 12.0.